The van der Waals surface area contributed by atoms with Crippen LogP contribution in [0.4, 0.5) is 8.78 Å². The Kier molecular flexibility index (Phi) is 5.12. The molecule has 0 unspecified atom stereocenters. The van der Waals surface area contributed by atoms with E-state index in [0.717, 1.165) is 30.9 Å². The monoisotopic (exact) mass is 435 g/mol. The average molecular weight is 435 g/mol. The molecule has 0 radical (unpaired) electrons. The maximum absolute atomic E-state index is 15.2. The molecular weight excluding hydrogens is 412 g/mol. The normalized spacial score (nSPS) is 21.1. The Labute approximate surface area is 184 Å². The van der Waals surface area contributed by atoms with Crippen LogP contribution in [-0.2, 0) is 0 Å². The second kappa shape index (κ2) is 7.97. The van der Waals surface area contributed by atoms with Crippen molar-refractivity contribution in [3.8, 4) is 0 Å². The van der Waals surface area contributed by atoms with Crippen LogP contribution in [0, 0.1) is 18.6 Å². The van der Waals surface area contributed by atoms with Crippen LogP contribution in [0.25, 0.3) is 0 Å². The first kappa shape index (κ1) is 20.5. The van der Waals surface area contributed by atoms with Crippen molar-refractivity contribution < 1.29 is 13.6 Å². The second-order valence-corrected chi connectivity index (χ2v) is 8.51. The van der Waals surface area contributed by atoms with Crippen molar-refractivity contribution in [1.82, 2.24) is 14.7 Å². The van der Waals surface area contributed by atoms with Crippen molar-refractivity contribution in [2.24, 2.45) is 0 Å². The number of hydrogen-bond donors (Lipinski definition) is 0. The minimum atomic E-state index is -0.917. The molecule has 0 spiro atoms. The van der Waals surface area contributed by atoms with Gasteiger partial charge >= 0.3 is 0 Å². The number of hydrogen-bond acceptors (Lipinski definition) is 3. The van der Waals surface area contributed by atoms with Gasteiger partial charge in [0.15, 0.2) is 11.6 Å². The molecule has 32 heavy (non-hydrogen) atoms. The number of nitrogens with zero attached hydrogens (tertiary/aromatic N) is 3. The van der Waals surface area contributed by atoms with Crippen molar-refractivity contribution in [3.05, 3.63) is 99.0 Å². The van der Waals surface area contributed by atoms with Gasteiger partial charge in [-0.15, -0.1) is 0 Å². The highest BCUT2D eigenvalue weighted by molar-refractivity contribution is 5.95. The molecule has 0 aliphatic carbocycles. The number of benzene rings is 2. The summed E-state index contributed by atoms with van der Waals surface area (Å²) in [4.78, 5) is 27.5. The summed E-state index contributed by atoms with van der Waals surface area (Å²) in [5, 5.41) is 4.37. The van der Waals surface area contributed by atoms with E-state index in [1.807, 2.05) is 30.3 Å². The molecule has 164 valence electrons. The van der Waals surface area contributed by atoms with Crippen molar-refractivity contribution in [3.63, 3.8) is 0 Å². The van der Waals surface area contributed by atoms with Gasteiger partial charge in [-0.05, 0) is 37.8 Å². The van der Waals surface area contributed by atoms with Gasteiger partial charge in [-0.3, -0.25) is 14.3 Å². The van der Waals surface area contributed by atoms with Crippen molar-refractivity contribution in [1.29, 1.82) is 0 Å². The van der Waals surface area contributed by atoms with E-state index < -0.39 is 23.6 Å². The van der Waals surface area contributed by atoms with Crippen LogP contribution in [0.15, 0.2) is 59.5 Å². The zero-order valence-corrected chi connectivity index (χ0v) is 17.7. The summed E-state index contributed by atoms with van der Waals surface area (Å²) < 4.78 is 31.1. The van der Waals surface area contributed by atoms with E-state index >= 15 is 4.39 Å². The van der Waals surface area contributed by atoms with Gasteiger partial charge in [-0.1, -0.05) is 42.5 Å². The molecule has 1 saturated heterocycles. The summed E-state index contributed by atoms with van der Waals surface area (Å²) >= 11 is 0. The zero-order chi connectivity index (χ0) is 22.4. The number of carbonyl (C=O) groups is 1. The Morgan fingerprint density at radius 1 is 1.03 bits per heavy atom. The van der Waals surface area contributed by atoms with Gasteiger partial charge in [0.05, 0.1) is 18.3 Å². The minimum Gasteiger partial charge on any atom is -0.332 e. The van der Waals surface area contributed by atoms with Crippen LogP contribution >= 0.6 is 0 Å². The molecule has 7 heteroatoms. The third kappa shape index (κ3) is 3.15. The van der Waals surface area contributed by atoms with Gasteiger partial charge in [0.25, 0.3) is 5.91 Å². The fourth-order valence-corrected chi connectivity index (χ4v) is 5.25. The van der Waals surface area contributed by atoms with E-state index in [-0.39, 0.29) is 28.6 Å². The molecule has 1 amide bonds. The van der Waals surface area contributed by atoms with Gasteiger partial charge in [-0.2, -0.15) is 5.10 Å². The molecule has 0 saturated carbocycles. The smallest absolute Gasteiger partial charge is 0.272 e. The Hall–Kier alpha value is -3.35. The summed E-state index contributed by atoms with van der Waals surface area (Å²) in [6.07, 6.45) is 3.72. The summed E-state index contributed by atoms with van der Waals surface area (Å²) in [5.74, 6) is -2.64. The molecule has 3 aromatic rings. The van der Waals surface area contributed by atoms with E-state index in [1.165, 1.54) is 12.3 Å². The number of piperidine rings is 1. The van der Waals surface area contributed by atoms with E-state index in [1.54, 1.807) is 22.6 Å². The summed E-state index contributed by atoms with van der Waals surface area (Å²) in [6, 6.07) is 12.8. The van der Waals surface area contributed by atoms with Gasteiger partial charge in [-0.25, -0.2) is 8.78 Å². The van der Waals surface area contributed by atoms with Gasteiger partial charge < -0.3 is 4.90 Å². The van der Waals surface area contributed by atoms with Crippen molar-refractivity contribution >= 4 is 5.91 Å². The molecule has 5 nitrogen and oxygen atoms in total. The first-order valence-corrected chi connectivity index (χ1v) is 10.9. The van der Waals surface area contributed by atoms with Crippen molar-refractivity contribution in [2.75, 3.05) is 6.54 Å². The topological polar surface area (TPSA) is 55.2 Å². The summed E-state index contributed by atoms with van der Waals surface area (Å²) in [7, 11) is 0. The van der Waals surface area contributed by atoms with Crippen LogP contribution in [0.2, 0.25) is 0 Å². The van der Waals surface area contributed by atoms with Crippen molar-refractivity contribution in [2.45, 2.75) is 44.2 Å². The predicted molar refractivity (Wildman–Crippen MR) is 116 cm³/mol. The lowest BCUT2D eigenvalue weighted by atomic mass is 9.77. The largest absolute Gasteiger partial charge is 0.332 e. The lowest BCUT2D eigenvalue weighted by Crippen LogP contribution is -2.56. The quantitative estimate of drug-likeness (QED) is 0.619. The summed E-state index contributed by atoms with van der Waals surface area (Å²) in [6.45, 7) is 2.19. The van der Waals surface area contributed by atoms with Gasteiger partial charge in [0.1, 0.15) is 5.69 Å². The summed E-state index contributed by atoms with van der Waals surface area (Å²) in [5.41, 5.74) is 1.26. The van der Waals surface area contributed by atoms with E-state index in [9.17, 15) is 14.0 Å². The number of halogens is 2. The average Bonchev–Trinajstić information content (AvgIpc) is 2.81. The molecule has 0 bridgehead atoms. The number of rotatable bonds is 3. The molecule has 1 aromatic heterocycles. The molecule has 0 N–H and O–H groups in total. The highest BCUT2D eigenvalue weighted by Crippen LogP contribution is 2.45. The highest BCUT2D eigenvalue weighted by atomic mass is 19.2. The number of carbonyl (C=O) groups excluding carboxylic acids is 1. The molecule has 1 fully saturated rings. The van der Waals surface area contributed by atoms with Crippen LogP contribution in [0.5, 0.6) is 0 Å². The Balaban J connectivity index is 1.81. The minimum absolute atomic E-state index is 0.213. The fourth-order valence-electron chi connectivity index (χ4n) is 5.25. The number of fused-ring (bicyclic) bond motifs is 2. The maximum atomic E-state index is 15.2. The Bertz CT molecular complexity index is 1240. The zero-order valence-electron chi connectivity index (χ0n) is 17.7. The van der Waals surface area contributed by atoms with E-state index in [2.05, 4.69) is 5.10 Å². The lowest BCUT2D eigenvalue weighted by molar-refractivity contribution is 0.0360. The van der Waals surface area contributed by atoms with Crippen LogP contribution in [-0.4, -0.2) is 33.2 Å². The Morgan fingerprint density at radius 2 is 1.81 bits per heavy atom. The van der Waals surface area contributed by atoms with Gasteiger partial charge in [0, 0.05) is 23.6 Å². The third-order valence-electron chi connectivity index (χ3n) is 6.76. The molecule has 5 rings (SSSR count). The van der Waals surface area contributed by atoms with Crippen LogP contribution in [0.1, 0.15) is 58.4 Å². The molecule has 2 aromatic carbocycles. The van der Waals surface area contributed by atoms with E-state index in [0.29, 0.717) is 12.1 Å². The molecule has 2 aliphatic rings. The second-order valence-electron chi connectivity index (χ2n) is 8.51. The fraction of sp³-hybridized carbons (Fsp3) is 0.320. The Morgan fingerprint density at radius 3 is 2.59 bits per heavy atom. The molecule has 2 aliphatic heterocycles. The van der Waals surface area contributed by atoms with Crippen LogP contribution in [0.3, 0.4) is 0 Å². The van der Waals surface area contributed by atoms with Gasteiger partial charge in [0.2, 0.25) is 5.43 Å². The highest BCUT2D eigenvalue weighted by Gasteiger charge is 2.46. The number of amides is 1. The number of aromatic nitrogens is 2. The standard InChI is InChI=1S/C25H23F2N3O2/c1-15-20(31)14-28-30-23(15)25(32)29-13-6-5-12-19(29)24(30)21(16-8-3-2-4-9-16)17-10-7-11-18(26)22(17)27/h2-4,7-11,14,19,21,24H,5-6,12-13H2,1H3/t19-,21+,24+/m0/s1. The SMILES string of the molecule is Cc1c2n(ncc1=O)[C@@H]([C@H](c1ccccc1)c1cccc(F)c1F)[C@@H]1CCCCN1C2=O. The van der Waals surface area contributed by atoms with E-state index in [4.69, 9.17) is 0 Å². The third-order valence-corrected chi connectivity index (χ3v) is 6.76. The predicted octanol–water partition coefficient (Wildman–Crippen LogP) is 4.21. The first-order chi connectivity index (χ1) is 15.5. The maximum Gasteiger partial charge on any atom is 0.272 e. The first-order valence-electron chi connectivity index (χ1n) is 10.9. The van der Waals surface area contributed by atoms with Crippen LogP contribution < -0.4 is 5.43 Å². The molecular formula is C25H23F2N3O2. The lowest BCUT2D eigenvalue weighted by Gasteiger charge is -2.48. The molecule has 3 heterocycles. The molecule has 3 atom stereocenters.